The molecule has 9 heteroatoms. The summed E-state index contributed by atoms with van der Waals surface area (Å²) < 4.78 is 42.1. The molecule has 27 heavy (non-hydrogen) atoms. The number of alkyl halides is 3. The first-order valence-electron chi connectivity index (χ1n) is 8.22. The average molecular weight is 404 g/mol. The minimum atomic E-state index is -4.33. The minimum Gasteiger partial charge on any atom is -0.378 e. The second-order valence-corrected chi connectivity index (χ2v) is 7.42. The van der Waals surface area contributed by atoms with Crippen LogP contribution in [0.3, 0.4) is 0 Å². The van der Waals surface area contributed by atoms with Crippen molar-refractivity contribution < 1.29 is 17.9 Å². The van der Waals surface area contributed by atoms with Gasteiger partial charge >= 0.3 is 6.18 Å². The van der Waals surface area contributed by atoms with Crippen LogP contribution in [0.2, 0.25) is 5.02 Å². The summed E-state index contributed by atoms with van der Waals surface area (Å²) >= 11 is 6.15. The normalized spacial score (nSPS) is 12.3. The number of hydrogen-bond acceptors (Lipinski definition) is 4. The second-order valence-electron chi connectivity index (χ2n) is 7.04. The number of nitrogens with one attached hydrogen (secondary N) is 1. The maximum atomic E-state index is 12.3. The minimum absolute atomic E-state index is 0.0529. The third-order valence-corrected chi connectivity index (χ3v) is 3.96. The van der Waals surface area contributed by atoms with E-state index >= 15 is 0 Å². The van der Waals surface area contributed by atoms with E-state index in [-0.39, 0.29) is 17.2 Å². The molecule has 5 nitrogen and oxygen atoms in total. The molecule has 0 radical (unpaired) electrons. The zero-order chi connectivity index (χ0) is 20.2. The van der Waals surface area contributed by atoms with Crippen molar-refractivity contribution in [3.63, 3.8) is 0 Å². The van der Waals surface area contributed by atoms with Crippen LogP contribution in [0.25, 0.3) is 0 Å². The van der Waals surface area contributed by atoms with Crippen molar-refractivity contribution in [2.75, 3.05) is 11.9 Å². The first-order chi connectivity index (χ1) is 12.5. The van der Waals surface area contributed by atoms with Gasteiger partial charge in [-0.2, -0.15) is 18.3 Å². The zero-order valence-electron chi connectivity index (χ0n) is 15.2. The smallest absolute Gasteiger partial charge is 0.378 e. The van der Waals surface area contributed by atoms with Gasteiger partial charge in [0, 0.05) is 6.54 Å². The van der Waals surface area contributed by atoms with E-state index in [4.69, 9.17) is 11.6 Å². The Balaban J connectivity index is 1.97. The molecule has 148 valence electrons. The van der Waals surface area contributed by atoms with Crippen molar-refractivity contribution in [2.24, 2.45) is 0 Å². The van der Waals surface area contributed by atoms with Crippen LogP contribution in [0.15, 0.2) is 35.3 Å². The van der Waals surface area contributed by atoms with E-state index in [2.05, 4.69) is 15.2 Å². The fraction of sp³-hybridized carbons (Fsp3) is 0.444. The molecule has 2 rings (SSSR count). The third kappa shape index (κ3) is 6.25. The van der Waals surface area contributed by atoms with Gasteiger partial charge in [-0.3, -0.25) is 4.79 Å². The zero-order valence-corrected chi connectivity index (χ0v) is 16.0. The summed E-state index contributed by atoms with van der Waals surface area (Å²) in [6, 6.07) is 6.89. The van der Waals surface area contributed by atoms with Crippen molar-refractivity contribution >= 4 is 17.3 Å². The van der Waals surface area contributed by atoms with Crippen molar-refractivity contribution in [3.8, 4) is 0 Å². The van der Waals surface area contributed by atoms with Crippen LogP contribution in [0, 0.1) is 0 Å². The Kier molecular flexibility index (Phi) is 6.54. The molecule has 0 atom stereocenters. The monoisotopic (exact) mass is 403 g/mol. The summed E-state index contributed by atoms with van der Waals surface area (Å²) in [7, 11) is 0. The summed E-state index contributed by atoms with van der Waals surface area (Å²) in [5.74, 6) is 0. The molecule has 0 spiro atoms. The summed E-state index contributed by atoms with van der Waals surface area (Å²) in [4.78, 5) is 12.3. The number of halogens is 4. The molecule has 0 fully saturated rings. The van der Waals surface area contributed by atoms with E-state index in [1.54, 1.807) is 24.3 Å². The van der Waals surface area contributed by atoms with Crippen molar-refractivity contribution in [3.05, 3.63) is 57.0 Å². The molecule has 1 N–H and O–H groups in total. The van der Waals surface area contributed by atoms with Crippen LogP contribution in [-0.2, 0) is 23.4 Å². The Bertz CT molecular complexity index is 828. The van der Waals surface area contributed by atoms with Gasteiger partial charge in [-0.25, -0.2) is 4.68 Å². The summed E-state index contributed by atoms with van der Waals surface area (Å²) in [6.45, 7) is 4.54. The van der Waals surface area contributed by atoms with Crippen LogP contribution in [0.1, 0.15) is 31.9 Å². The Morgan fingerprint density at radius 2 is 1.74 bits per heavy atom. The first kappa shape index (κ1) is 21.2. The largest absolute Gasteiger partial charge is 0.411 e. The van der Waals surface area contributed by atoms with Crippen LogP contribution >= 0.6 is 11.6 Å². The van der Waals surface area contributed by atoms with E-state index in [0.717, 1.165) is 5.56 Å². The van der Waals surface area contributed by atoms with Crippen molar-refractivity contribution in [1.29, 1.82) is 0 Å². The van der Waals surface area contributed by atoms with E-state index in [9.17, 15) is 18.0 Å². The molecule has 0 aliphatic heterocycles. The number of rotatable bonds is 6. The maximum absolute atomic E-state index is 12.3. The number of ether oxygens (including phenoxy) is 1. The molecule has 0 aliphatic carbocycles. The number of benzene rings is 1. The van der Waals surface area contributed by atoms with Gasteiger partial charge in [-0.1, -0.05) is 35.9 Å². The Labute approximate surface area is 160 Å². The molecular formula is C18H21ClF3N3O2. The van der Waals surface area contributed by atoms with E-state index < -0.39 is 18.3 Å². The van der Waals surface area contributed by atoms with Crippen LogP contribution in [0.5, 0.6) is 0 Å². The first-order valence-corrected chi connectivity index (χ1v) is 8.60. The Morgan fingerprint density at radius 3 is 2.30 bits per heavy atom. The van der Waals surface area contributed by atoms with Gasteiger partial charge in [0.25, 0.3) is 5.56 Å². The van der Waals surface area contributed by atoms with E-state index in [0.29, 0.717) is 17.8 Å². The lowest BCUT2D eigenvalue weighted by molar-refractivity contribution is -0.176. The fourth-order valence-corrected chi connectivity index (χ4v) is 2.46. The number of anilines is 1. The molecule has 1 aromatic carbocycles. The topological polar surface area (TPSA) is 56.1 Å². The quantitative estimate of drug-likeness (QED) is 0.779. The summed E-state index contributed by atoms with van der Waals surface area (Å²) in [5.41, 5.74) is 1.05. The number of nitrogens with zero attached hydrogens (tertiary/aromatic N) is 2. The molecule has 0 saturated carbocycles. The fourth-order valence-electron chi connectivity index (χ4n) is 2.27. The molecule has 0 aliphatic rings. The molecule has 0 amide bonds. The molecule has 0 unspecified atom stereocenters. The molecule has 2 aromatic rings. The van der Waals surface area contributed by atoms with E-state index in [1.807, 2.05) is 20.8 Å². The highest BCUT2D eigenvalue weighted by atomic mass is 35.5. The average Bonchev–Trinajstić information content (AvgIpc) is 2.55. The lowest BCUT2D eigenvalue weighted by Gasteiger charge is -2.21. The number of hydrogen-bond donors (Lipinski definition) is 1. The highest BCUT2D eigenvalue weighted by Crippen LogP contribution is 2.20. The lowest BCUT2D eigenvalue weighted by atomic mass is 10.1. The third-order valence-electron chi connectivity index (χ3n) is 3.59. The van der Waals surface area contributed by atoms with Gasteiger partial charge in [-0.15, -0.1) is 0 Å². The van der Waals surface area contributed by atoms with Crippen molar-refractivity contribution in [1.82, 2.24) is 9.78 Å². The lowest BCUT2D eigenvalue weighted by Crippen LogP contribution is -2.36. The van der Waals surface area contributed by atoms with Gasteiger partial charge in [0.1, 0.15) is 11.6 Å². The molecule has 0 saturated heterocycles. The Hall–Kier alpha value is -2.06. The predicted molar refractivity (Wildman–Crippen MR) is 98.0 cm³/mol. The van der Waals surface area contributed by atoms with Gasteiger partial charge in [0.2, 0.25) is 0 Å². The highest BCUT2D eigenvalue weighted by Gasteiger charge is 2.27. The van der Waals surface area contributed by atoms with Crippen LogP contribution in [-0.4, -0.2) is 22.6 Å². The SMILES string of the molecule is CC(C)(C)n1ncc(NCc2ccc(COCC(F)(F)F)cc2)c(Cl)c1=O. The highest BCUT2D eigenvalue weighted by molar-refractivity contribution is 6.32. The van der Waals surface area contributed by atoms with Gasteiger partial charge in [0.05, 0.1) is 24.0 Å². The molecular weight excluding hydrogens is 383 g/mol. The van der Waals surface area contributed by atoms with E-state index in [1.165, 1.54) is 10.9 Å². The van der Waals surface area contributed by atoms with Gasteiger partial charge in [0.15, 0.2) is 0 Å². The van der Waals surface area contributed by atoms with Crippen LogP contribution in [0.4, 0.5) is 18.9 Å². The van der Waals surface area contributed by atoms with Crippen LogP contribution < -0.4 is 10.9 Å². The molecule has 0 bridgehead atoms. The second kappa shape index (κ2) is 8.31. The van der Waals surface area contributed by atoms with Gasteiger partial charge < -0.3 is 10.1 Å². The van der Waals surface area contributed by atoms with Gasteiger partial charge in [-0.05, 0) is 31.9 Å². The summed E-state index contributed by atoms with van der Waals surface area (Å²) in [6.07, 6.45) is -2.84. The summed E-state index contributed by atoms with van der Waals surface area (Å²) in [5, 5.41) is 7.24. The maximum Gasteiger partial charge on any atom is 0.411 e. The molecule has 1 heterocycles. The Morgan fingerprint density at radius 1 is 1.15 bits per heavy atom. The van der Waals surface area contributed by atoms with Crippen molar-refractivity contribution in [2.45, 2.75) is 45.6 Å². The molecule has 1 aromatic heterocycles. The predicted octanol–water partition coefficient (Wildman–Crippen LogP) is 4.34. The number of aromatic nitrogens is 2. The standard InChI is InChI=1S/C18H21ClF3N3O2/c1-17(2,3)25-16(26)15(19)14(9-24-25)23-8-12-4-6-13(7-5-12)10-27-11-18(20,21)22/h4-7,9,23H,8,10-11H2,1-3H3.